The molecular weight excluding hydrogens is 245 g/mol. The van der Waals surface area contributed by atoms with Crippen molar-refractivity contribution in [2.24, 2.45) is 0 Å². The Labute approximate surface area is 104 Å². The van der Waals surface area contributed by atoms with Crippen LogP contribution < -0.4 is 4.74 Å². The van der Waals surface area contributed by atoms with Crippen molar-refractivity contribution in [1.82, 2.24) is 0 Å². The third-order valence-electron chi connectivity index (χ3n) is 2.42. The summed E-state index contributed by atoms with van der Waals surface area (Å²) in [7, 11) is 0. The molecule has 1 aromatic carbocycles. The minimum Gasteiger partial charge on any atom is -0.494 e. The summed E-state index contributed by atoms with van der Waals surface area (Å²) in [4.78, 5) is 11.0. The zero-order valence-electron chi connectivity index (χ0n) is 10.1. The van der Waals surface area contributed by atoms with E-state index in [4.69, 9.17) is 4.74 Å². The van der Waals surface area contributed by atoms with Gasteiger partial charge in [-0.15, -0.1) is 0 Å². The van der Waals surface area contributed by atoms with Crippen molar-refractivity contribution >= 4 is 5.78 Å². The lowest BCUT2D eigenvalue weighted by molar-refractivity contribution is -0.137. The fourth-order valence-corrected chi connectivity index (χ4v) is 1.40. The maximum atomic E-state index is 12.4. The smallest absolute Gasteiger partial charge is 0.416 e. The summed E-state index contributed by atoms with van der Waals surface area (Å²) in [6.45, 7) is 2.02. The first-order chi connectivity index (χ1) is 8.43. The van der Waals surface area contributed by atoms with Gasteiger partial charge in [0.2, 0.25) is 0 Å². The highest BCUT2D eigenvalue weighted by atomic mass is 19.4. The molecule has 0 aliphatic heterocycles. The van der Waals surface area contributed by atoms with Crippen molar-refractivity contribution in [2.75, 3.05) is 6.61 Å². The second-order valence-corrected chi connectivity index (χ2v) is 3.87. The second kappa shape index (κ2) is 6.42. The van der Waals surface area contributed by atoms with Crippen LogP contribution in [0.3, 0.4) is 0 Å². The summed E-state index contributed by atoms with van der Waals surface area (Å²) in [5.74, 6) is 0.302. The van der Waals surface area contributed by atoms with E-state index in [-0.39, 0.29) is 18.1 Å². The predicted molar refractivity (Wildman–Crippen MR) is 61.5 cm³/mol. The zero-order valence-corrected chi connectivity index (χ0v) is 10.1. The van der Waals surface area contributed by atoms with Gasteiger partial charge in [-0.3, -0.25) is 4.79 Å². The largest absolute Gasteiger partial charge is 0.494 e. The van der Waals surface area contributed by atoms with Gasteiger partial charge in [-0.25, -0.2) is 0 Å². The second-order valence-electron chi connectivity index (χ2n) is 3.87. The van der Waals surface area contributed by atoms with Crippen molar-refractivity contribution in [1.29, 1.82) is 0 Å². The lowest BCUT2D eigenvalue weighted by Crippen LogP contribution is -2.06. The van der Waals surface area contributed by atoms with Gasteiger partial charge in [0.1, 0.15) is 11.5 Å². The van der Waals surface area contributed by atoms with Crippen LogP contribution in [0.4, 0.5) is 13.2 Å². The Balaban J connectivity index is 2.46. The Hall–Kier alpha value is -1.52. The van der Waals surface area contributed by atoms with Crippen molar-refractivity contribution in [2.45, 2.75) is 32.4 Å². The van der Waals surface area contributed by atoms with Crippen LogP contribution in [-0.4, -0.2) is 12.4 Å². The van der Waals surface area contributed by atoms with Crippen LogP contribution in [0.5, 0.6) is 5.75 Å². The lowest BCUT2D eigenvalue weighted by atomic mass is 10.2. The molecule has 0 saturated carbocycles. The van der Waals surface area contributed by atoms with E-state index in [1.807, 2.05) is 0 Å². The van der Waals surface area contributed by atoms with Crippen LogP contribution in [0.15, 0.2) is 24.3 Å². The number of hydrogen-bond acceptors (Lipinski definition) is 2. The number of ketones is 1. The van der Waals surface area contributed by atoms with Gasteiger partial charge in [-0.2, -0.15) is 13.2 Å². The number of hydrogen-bond donors (Lipinski definition) is 0. The number of ether oxygens (including phenoxy) is 1. The highest BCUT2D eigenvalue weighted by molar-refractivity contribution is 5.77. The fourth-order valence-electron chi connectivity index (χ4n) is 1.40. The van der Waals surface area contributed by atoms with E-state index in [0.717, 1.165) is 12.1 Å². The summed E-state index contributed by atoms with van der Waals surface area (Å²) in [5, 5.41) is 0. The molecule has 0 radical (unpaired) electrons. The first-order valence-electron chi connectivity index (χ1n) is 5.75. The summed E-state index contributed by atoms with van der Waals surface area (Å²) in [6.07, 6.45) is -2.97. The third kappa shape index (κ3) is 4.77. The summed E-state index contributed by atoms with van der Waals surface area (Å²) in [6, 6.07) is 4.72. The number of carbonyl (C=O) groups is 1. The SMILES string of the molecule is CCC(=O)CCCOc1cccc(C(F)(F)F)c1. The van der Waals surface area contributed by atoms with E-state index in [9.17, 15) is 18.0 Å². The van der Waals surface area contributed by atoms with Crippen LogP contribution in [0, 0.1) is 0 Å². The van der Waals surface area contributed by atoms with Gasteiger partial charge in [-0.05, 0) is 24.6 Å². The molecule has 0 amide bonds. The van der Waals surface area contributed by atoms with Crippen LogP contribution in [0.2, 0.25) is 0 Å². The minimum absolute atomic E-state index is 0.127. The molecule has 0 aliphatic carbocycles. The quantitative estimate of drug-likeness (QED) is 0.726. The molecule has 2 nitrogen and oxygen atoms in total. The van der Waals surface area contributed by atoms with Gasteiger partial charge in [0.15, 0.2) is 0 Å². The topological polar surface area (TPSA) is 26.3 Å². The van der Waals surface area contributed by atoms with Crippen LogP contribution in [0.25, 0.3) is 0 Å². The maximum absolute atomic E-state index is 12.4. The number of halogens is 3. The predicted octanol–water partition coefficient (Wildman–Crippen LogP) is 3.84. The molecule has 0 spiro atoms. The van der Waals surface area contributed by atoms with Gasteiger partial charge < -0.3 is 4.74 Å². The first kappa shape index (κ1) is 14.5. The van der Waals surface area contributed by atoms with Crippen LogP contribution >= 0.6 is 0 Å². The highest BCUT2D eigenvalue weighted by Gasteiger charge is 2.30. The van der Waals surface area contributed by atoms with Crippen molar-refractivity contribution < 1.29 is 22.7 Å². The van der Waals surface area contributed by atoms with E-state index >= 15 is 0 Å². The molecule has 5 heteroatoms. The molecule has 0 aliphatic rings. The molecule has 0 N–H and O–H groups in total. The number of carbonyl (C=O) groups excluding carboxylic acids is 1. The average molecular weight is 260 g/mol. The van der Waals surface area contributed by atoms with E-state index in [2.05, 4.69) is 0 Å². The Morgan fingerprint density at radius 3 is 2.67 bits per heavy atom. The fraction of sp³-hybridized carbons (Fsp3) is 0.462. The maximum Gasteiger partial charge on any atom is 0.416 e. The first-order valence-corrected chi connectivity index (χ1v) is 5.75. The van der Waals surface area contributed by atoms with Gasteiger partial charge in [0.25, 0.3) is 0 Å². The minimum atomic E-state index is -4.36. The van der Waals surface area contributed by atoms with E-state index in [1.54, 1.807) is 6.92 Å². The van der Waals surface area contributed by atoms with Crippen LogP contribution in [-0.2, 0) is 11.0 Å². The van der Waals surface area contributed by atoms with Crippen molar-refractivity contribution in [3.8, 4) is 5.75 Å². The number of rotatable bonds is 6. The normalized spacial score (nSPS) is 11.3. The molecule has 1 aromatic rings. The molecule has 0 heterocycles. The Morgan fingerprint density at radius 2 is 2.06 bits per heavy atom. The van der Waals surface area contributed by atoms with Crippen molar-refractivity contribution in [3.05, 3.63) is 29.8 Å². The van der Waals surface area contributed by atoms with Gasteiger partial charge in [0, 0.05) is 12.8 Å². The Kier molecular flexibility index (Phi) is 5.19. The molecule has 0 fully saturated rings. The molecule has 18 heavy (non-hydrogen) atoms. The van der Waals surface area contributed by atoms with E-state index in [0.29, 0.717) is 19.3 Å². The molecule has 1 rings (SSSR count). The highest BCUT2D eigenvalue weighted by Crippen LogP contribution is 2.31. The zero-order chi connectivity index (χ0) is 13.6. The van der Waals surface area contributed by atoms with E-state index < -0.39 is 11.7 Å². The third-order valence-corrected chi connectivity index (χ3v) is 2.42. The number of alkyl halides is 3. The molecule has 100 valence electrons. The molecule has 0 bridgehead atoms. The monoisotopic (exact) mass is 260 g/mol. The standard InChI is InChI=1S/C13H15F3O2/c1-2-11(17)6-4-8-18-12-7-3-5-10(9-12)13(14,15)16/h3,5,7,9H,2,4,6,8H2,1H3. The number of benzene rings is 1. The van der Waals surface area contributed by atoms with Gasteiger partial charge in [0.05, 0.1) is 12.2 Å². The average Bonchev–Trinajstić information content (AvgIpc) is 2.33. The summed E-state index contributed by atoms with van der Waals surface area (Å²) in [5.41, 5.74) is -0.732. The van der Waals surface area contributed by atoms with Gasteiger partial charge in [-0.1, -0.05) is 13.0 Å². The molecule has 0 unspecified atom stereocenters. The molecule has 0 atom stereocenters. The van der Waals surface area contributed by atoms with Gasteiger partial charge >= 0.3 is 6.18 Å². The summed E-state index contributed by atoms with van der Waals surface area (Å²) >= 11 is 0. The van der Waals surface area contributed by atoms with Crippen molar-refractivity contribution in [3.63, 3.8) is 0 Å². The Morgan fingerprint density at radius 1 is 1.33 bits per heavy atom. The van der Waals surface area contributed by atoms with Crippen LogP contribution in [0.1, 0.15) is 31.7 Å². The van der Waals surface area contributed by atoms with E-state index in [1.165, 1.54) is 12.1 Å². The Bertz CT molecular complexity index is 399. The number of Topliss-reactive ketones (excluding diaryl/α,β-unsaturated/α-hetero) is 1. The summed E-state index contributed by atoms with van der Waals surface area (Å²) < 4.78 is 42.4. The lowest BCUT2D eigenvalue weighted by Gasteiger charge is -2.09. The molecule has 0 aromatic heterocycles. The molecular formula is C13H15F3O2. The molecule has 0 saturated heterocycles.